The van der Waals surface area contributed by atoms with E-state index in [1.54, 1.807) is 0 Å². The second kappa shape index (κ2) is 11.1. The van der Waals surface area contributed by atoms with Gasteiger partial charge in [-0.25, -0.2) is 9.13 Å². The molecule has 160 valence electrons. The molecule has 1 heterocycles. The summed E-state index contributed by atoms with van der Waals surface area (Å²) in [6.45, 7) is 8.76. The van der Waals surface area contributed by atoms with Crippen LogP contribution in [0.1, 0.15) is 27.7 Å². The third-order valence-electron chi connectivity index (χ3n) is 5.04. The number of alkyl halides is 2. The highest BCUT2D eigenvalue weighted by Gasteiger charge is 2.23. The highest BCUT2D eigenvalue weighted by atomic mass is 79.9. The average molecular weight is 531 g/mol. The van der Waals surface area contributed by atoms with Gasteiger partial charge in [-0.3, -0.25) is 9.59 Å². The lowest BCUT2D eigenvalue weighted by Crippen LogP contribution is -2.47. The summed E-state index contributed by atoms with van der Waals surface area (Å²) in [6, 6.07) is 7.99. The van der Waals surface area contributed by atoms with Gasteiger partial charge in [-0.05, 0) is 24.0 Å². The second-order valence-electron chi connectivity index (χ2n) is 8.00. The molecular weight excluding hydrogens is 500 g/mol. The fourth-order valence-corrected chi connectivity index (χ4v) is 4.89. The minimum absolute atomic E-state index is 0.0420. The lowest BCUT2D eigenvalue weighted by molar-refractivity contribution is -0.659. The lowest BCUT2D eigenvalue weighted by Gasteiger charge is -2.19. The number of amides is 2. The van der Waals surface area contributed by atoms with Crippen LogP contribution in [0.5, 0.6) is 0 Å². The van der Waals surface area contributed by atoms with Gasteiger partial charge in [-0.2, -0.15) is 0 Å². The molecule has 6 nitrogen and oxygen atoms in total. The van der Waals surface area contributed by atoms with Gasteiger partial charge in [0.15, 0.2) is 24.1 Å². The third-order valence-corrected chi connectivity index (χ3v) is 6.44. The number of hydrogen-bond acceptors (Lipinski definition) is 2. The van der Waals surface area contributed by atoms with Crippen LogP contribution in [0.3, 0.4) is 0 Å². The van der Waals surface area contributed by atoms with Crippen LogP contribution in [0.2, 0.25) is 0 Å². The number of nitrogens with zero attached hydrogens (tertiary/aromatic N) is 2. The first-order valence-electron chi connectivity index (χ1n) is 9.94. The summed E-state index contributed by atoms with van der Waals surface area (Å²) in [4.78, 5) is 25.1. The van der Waals surface area contributed by atoms with Gasteiger partial charge in [0.05, 0.1) is 0 Å². The first-order chi connectivity index (χ1) is 13.8. The fraction of sp³-hybridized carbons (Fsp3) is 0.571. The maximum atomic E-state index is 12.6. The number of hydrogen-bond donors (Lipinski definition) is 2. The summed E-state index contributed by atoms with van der Waals surface area (Å²) >= 11 is 6.93. The van der Waals surface area contributed by atoms with Crippen molar-refractivity contribution in [3.8, 4) is 0 Å². The molecule has 2 amide bonds. The molecule has 2 N–H and O–H groups in total. The van der Waals surface area contributed by atoms with Crippen LogP contribution in [0.4, 0.5) is 0 Å². The quantitative estimate of drug-likeness (QED) is 0.366. The van der Waals surface area contributed by atoms with Crippen LogP contribution < -0.4 is 15.2 Å². The molecule has 2 rings (SSSR count). The van der Waals surface area contributed by atoms with Crippen LogP contribution in [0.15, 0.2) is 30.6 Å². The van der Waals surface area contributed by atoms with Gasteiger partial charge in [0.25, 0.3) is 11.8 Å². The summed E-state index contributed by atoms with van der Waals surface area (Å²) < 4.78 is 3.79. The molecule has 2 aromatic rings. The smallest absolute Gasteiger partial charge is 0.262 e. The first-order valence-corrected chi connectivity index (χ1v) is 12.2. The van der Waals surface area contributed by atoms with Gasteiger partial charge in [0, 0.05) is 22.7 Å². The number of nitrogens with one attached hydrogen (secondary N) is 2. The topological polar surface area (TPSA) is 67.0 Å². The van der Waals surface area contributed by atoms with Crippen LogP contribution in [0, 0.1) is 11.8 Å². The van der Waals surface area contributed by atoms with E-state index in [0.717, 1.165) is 11.0 Å². The van der Waals surface area contributed by atoms with Crippen molar-refractivity contribution in [1.82, 2.24) is 15.2 Å². The van der Waals surface area contributed by atoms with E-state index in [-0.39, 0.29) is 37.0 Å². The minimum Gasteiger partial charge on any atom is -0.349 e. The molecule has 0 saturated heterocycles. The lowest BCUT2D eigenvalue weighted by atomic mass is 10.1. The van der Waals surface area contributed by atoms with E-state index < -0.39 is 0 Å². The molecule has 0 aliphatic carbocycles. The normalized spacial score (nSPS) is 13.7. The largest absolute Gasteiger partial charge is 0.349 e. The number of fused-ring (bicyclic) bond motifs is 1. The van der Waals surface area contributed by atoms with Crippen molar-refractivity contribution in [3.05, 3.63) is 30.6 Å². The summed E-state index contributed by atoms with van der Waals surface area (Å²) in [5.74, 6) is 0.604. The van der Waals surface area contributed by atoms with Gasteiger partial charge in [0.2, 0.25) is 6.33 Å². The van der Waals surface area contributed by atoms with Crippen molar-refractivity contribution in [3.63, 3.8) is 0 Å². The van der Waals surface area contributed by atoms with E-state index in [2.05, 4.69) is 70.2 Å². The Morgan fingerprint density at radius 3 is 2.07 bits per heavy atom. The molecule has 2 atom stereocenters. The second-order valence-corrected chi connectivity index (χ2v) is 9.30. The Labute approximate surface area is 189 Å². The zero-order valence-corrected chi connectivity index (χ0v) is 20.7. The summed E-state index contributed by atoms with van der Waals surface area (Å²) in [7, 11) is 0. The molecule has 29 heavy (non-hydrogen) atoms. The molecular formula is C21H31Br2N4O2+. The molecule has 1 aromatic carbocycles. The maximum absolute atomic E-state index is 12.6. The number of halogens is 2. The maximum Gasteiger partial charge on any atom is 0.262 e. The Hall–Kier alpha value is -1.41. The predicted molar refractivity (Wildman–Crippen MR) is 123 cm³/mol. The van der Waals surface area contributed by atoms with E-state index in [0.29, 0.717) is 22.5 Å². The number of benzene rings is 1. The summed E-state index contributed by atoms with van der Waals surface area (Å²) in [5, 5.41) is 7.58. The Morgan fingerprint density at radius 1 is 0.966 bits per heavy atom. The van der Waals surface area contributed by atoms with E-state index in [1.807, 2.05) is 39.7 Å². The van der Waals surface area contributed by atoms with E-state index in [9.17, 15) is 9.59 Å². The number of para-hydroxylation sites is 2. The molecule has 0 unspecified atom stereocenters. The molecule has 0 bridgehead atoms. The highest BCUT2D eigenvalue weighted by Crippen LogP contribution is 2.12. The van der Waals surface area contributed by atoms with Gasteiger partial charge < -0.3 is 10.6 Å². The van der Waals surface area contributed by atoms with Crippen LogP contribution in [-0.4, -0.2) is 39.1 Å². The van der Waals surface area contributed by atoms with Crippen LogP contribution in [-0.2, 0) is 22.7 Å². The predicted octanol–water partition coefficient (Wildman–Crippen LogP) is 3.00. The van der Waals surface area contributed by atoms with Gasteiger partial charge in [-0.1, -0.05) is 71.7 Å². The monoisotopic (exact) mass is 529 g/mol. The van der Waals surface area contributed by atoms with Crippen molar-refractivity contribution in [2.24, 2.45) is 11.8 Å². The molecule has 0 saturated carbocycles. The third kappa shape index (κ3) is 6.54. The van der Waals surface area contributed by atoms with Crippen molar-refractivity contribution in [1.29, 1.82) is 0 Å². The number of carbonyl (C=O) groups excluding carboxylic acids is 2. The van der Waals surface area contributed by atoms with Crippen molar-refractivity contribution < 1.29 is 14.2 Å². The fourth-order valence-electron chi connectivity index (χ4n) is 3.08. The van der Waals surface area contributed by atoms with Crippen molar-refractivity contribution >= 4 is 54.7 Å². The number of aromatic nitrogens is 2. The summed E-state index contributed by atoms with van der Waals surface area (Å²) in [6.07, 6.45) is 1.85. The Bertz CT molecular complexity index is 769. The Morgan fingerprint density at radius 2 is 1.52 bits per heavy atom. The van der Waals surface area contributed by atoms with Gasteiger partial charge in [0.1, 0.15) is 0 Å². The standard InChI is InChI=1S/C21H30Br2N4O2/c1-14(2)16(9-22)24-20(28)11-26-13-27(19-8-6-5-7-18(19)26)12-21(29)25-17(10-23)15(3)4/h5-8,13-17H,9-12H2,1-4H3,(H-,24,25,28,29)/p+1/t16-,17-/m1/s1. The van der Waals surface area contributed by atoms with E-state index in [4.69, 9.17) is 0 Å². The van der Waals surface area contributed by atoms with Crippen LogP contribution in [0.25, 0.3) is 11.0 Å². The zero-order chi connectivity index (χ0) is 21.6. The summed E-state index contributed by atoms with van der Waals surface area (Å²) in [5.41, 5.74) is 1.85. The molecule has 0 spiro atoms. The van der Waals surface area contributed by atoms with Gasteiger partial charge in [-0.15, -0.1) is 0 Å². The Balaban J connectivity index is 2.18. The number of rotatable bonds is 10. The molecule has 8 heteroatoms. The molecule has 0 radical (unpaired) electrons. The first kappa shape index (κ1) is 23.9. The van der Waals surface area contributed by atoms with Gasteiger partial charge >= 0.3 is 0 Å². The van der Waals surface area contributed by atoms with E-state index in [1.165, 1.54) is 0 Å². The highest BCUT2D eigenvalue weighted by molar-refractivity contribution is 9.09. The van der Waals surface area contributed by atoms with E-state index >= 15 is 0 Å². The Kier molecular flexibility index (Phi) is 9.14. The number of carbonyl (C=O) groups is 2. The molecule has 0 aliphatic rings. The number of imidazole rings is 1. The molecule has 0 fully saturated rings. The molecule has 0 aliphatic heterocycles. The van der Waals surface area contributed by atoms with Crippen LogP contribution >= 0.6 is 31.9 Å². The van der Waals surface area contributed by atoms with Crippen molar-refractivity contribution in [2.75, 3.05) is 10.7 Å². The minimum atomic E-state index is -0.0420. The zero-order valence-electron chi connectivity index (χ0n) is 17.5. The SMILES string of the molecule is CC(C)[C@@H](CBr)NC(=O)Cn1c[n+](CC(=O)N[C@H](CBr)C(C)C)c2ccccc21. The van der Waals surface area contributed by atoms with Crippen molar-refractivity contribution in [2.45, 2.75) is 52.9 Å². The average Bonchev–Trinajstić information content (AvgIpc) is 3.01. The molecule has 1 aromatic heterocycles.